The Morgan fingerprint density at radius 2 is 2.00 bits per heavy atom. The highest BCUT2D eigenvalue weighted by Crippen LogP contribution is 2.26. The molecule has 4 rings (SSSR count). The number of benzene rings is 1. The first-order chi connectivity index (χ1) is 15.4. The molecule has 2 N–H and O–H groups in total. The number of aromatic amines is 1. The van der Waals surface area contributed by atoms with E-state index in [4.69, 9.17) is 4.74 Å². The number of likely N-dealkylation sites (tertiary alicyclic amines) is 1. The molecule has 1 fully saturated rings. The van der Waals surface area contributed by atoms with Crippen LogP contribution in [-0.4, -0.2) is 63.4 Å². The standard InChI is InChI=1S/C23H28N6O3/c1-14-4-5-18-19(10-14)28-20(27-18)12-32-13-21(30)29-8-6-16(7-9-29)22-25-11-17(15(2)26-22)23(31)24-3/h4-5,10-11,16H,6-9,12-13H2,1-3H3,(H,24,31)(H,27,28). The van der Waals surface area contributed by atoms with Gasteiger partial charge in [0.25, 0.3) is 5.91 Å². The molecule has 0 saturated carbocycles. The third kappa shape index (κ3) is 4.77. The molecule has 0 radical (unpaired) electrons. The van der Waals surface area contributed by atoms with Gasteiger partial charge in [0.05, 0.1) is 22.3 Å². The maximum absolute atomic E-state index is 12.5. The Morgan fingerprint density at radius 1 is 1.22 bits per heavy atom. The first kappa shape index (κ1) is 21.9. The smallest absolute Gasteiger partial charge is 0.254 e. The average Bonchev–Trinajstić information content (AvgIpc) is 3.20. The number of aromatic nitrogens is 4. The molecule has 3 heterocycles. The van der Waals surface area contributed by atoms with Crippen LogP contribution in [0.2, 0.25) is 0 Å². The van der Waals surface area contributed by atoms with Crippen LogP contribution in [0, 0.1) is 13.8 Å². The molecule has 1 aromatic carbocycles. The van der Waals surface area contributed by atoms with Crippen molar-refractivity contribution in [3.63, 3.8) is 0 Å². The summed E-state index contributed by atoms with van der Waals surface area (Å²) in [4.78, 5) is 42.9. The van der Waals surface area contributed by atoms with Crippen molar-refractivity contribution in [1.29, 1.82) is 0 Å². The van der Waals surface area contributed by atoms with Gasteiger partial charge in [-0.3, -0.25) is 9.59 Å². The Bertz CT molecular complexity index is 1130. The van der Waals surface area contributed by atoms with Crippen LogP contribution in [0.25, 0.3) is 11.0 Å². The van der Waals surface area contributed by atoms with Gasteiger partial charge in [-0.15, -0.1) is 0 Å². The normalized spacial score (nSPS) is 14.7. The number of ether oxygens (including phenoxy) is 1. The van der Waals surface area contributed by atoms with Crippen molar-refractivity contribution in [2.45, 2.75) is 39.2 Å². The van der Waals surface area contributed by atoms with E-state index in [0.29, 0.717) is 30.2 Å². The topological polar surface area (TPSA) is 113 Å². The van der Waals surface area contributed by atoms with Crippen LogP contribution < -0.4 is 5.32 Å². The molecule has 32 heavy (non-hydrogen) atoms. The first-order valence-electron chi connectivity index (χ1n) is 10.8. The van der Waals surface area contributed by atoms with Gasteiger partial charge < -0.3 is 19.9 Å². The van der Waals surface area contributed by atoms with Gasteiger partial charge in [-0.2, -0.15) is 0 Å². The molecule has 2 aromatic heterocycles. The number of nitrogens with one attached hydrogen (secondary N) is 2. The lowest BCUT2D eigenvalue weighted by atomic mass is 9.95. The van der Waals surface area contributed by atoms with E-state index in [1.807, 2.05) is 36.9 Å². The molecule has 1 saturated heterocycles. The van der Waals surface area contributed by atoms with Gasteiger partial charge in [0, 0.05) is 32.3 Å². The molecule has 3 aromatic rings. The summed E-state index contributed by atoms with van der Waals surface area (Å²) in [5.41, 5.74) is 4.18. The Hall–Kier alpha value is -3.33. The Kier molecular flexibility index (Phi) is 6.45. The second-order valence-electron chi connectivity index (χ2n) is 8.16. The highest BCUT2D eigenvalue weighted by molar-refractivity contribution is 5.94. The van der Waals surface area contributed by atoms with Gasteiger partial charge in [0.1, 0.15) is 24.9 Å². The lowest BCUT2D eigenvalue weighted by Gasteiger charge is -2.31. The summed E-state index contributed by atoms with van der Waals surface area (Å²) in [6, 6.07) is 6.03. The highest BCUT2D eigenvalue weighted by Gasteiger charge is 2.26. The number of rotatable bonds is 6. The maximum Gasteiger partial charge on any atom is 0.254 e. The van der Waals surface area contributed by atoms with Crippen molar-refractivity contribution in [2.75, 3.05) is 26.7 Å². The van der Waals surface area contributed by atoms with Gasteiger partial charge in [-0.1, -0.05) is 6.07 Å². The highest BCUT2D eigenvalue weighted by atomic mass is 16.5. The molecule has 9 heteroatoms. The molecule has 0 bridgehead atoms. The van der Waals surface area contributed by atoms with E-state index < -0.39 is 0 Å². The number of amides is 2. The van der Waals surface area contributed by atoms with Crippen LogP contribution in [0.5, 0.6) is 0 Å². The summed E-state index contributed by atoms with van der Waals surface area (Å²) in [6.07, 6.45) is 3.15. The van der Waals surface area contributed by atoms with Crippen molar-refractivity contribution in [3.8, 4) is 0 Å². The predicted octanol–water partition coefficient (Wildman–Crippen LogP) is 2.25. The molecule has 1 aliphatic rings. The number of nitrogens with zero attached hydrogens (tertiary/aromatic N) is 4. The lowest BCUT2D eigenvalue weighted by molar-refractivity contribution is -0.137. The van der Waals surface area contributed by atoms with Crippen molar-refractivity contribution in [2.24, 2.45) is 0 Å². The SMILES string of the molecule is CNC(=O)c1cnc(C2CCN(C(=O)COCc3nc4ccc(C)cc4[nH]3)CC2)nc1C. The molecule has 2 amide bonds. The minimum Gasteiger partial charge on any atom is -0.364 e. The van der Waals surface area contributed by atoms with Crippen LogP contribution in [-0.2, 0) is 16.1 Å². The molecular formula is C23H28N6O3. The maximum atomic E-state index is 12.5. The monoisotopic (exact) mass is 436 g/mol. The van der Waals surface area contributed by atoms with Crippen LogP contribution in [0.3, 0.4) is 0 Å². The molecule has 1 aliphatic heterocycles. The molecule has 0 atom stereocenters. The zero-order chi connectivity index (χ0) is 22.7. The third-order valence-corrected chi connectivity index (χ3v) is 5.83. The number of carbonyl (C=O) groups excluding carboxylic acids is 2. The van der Waals surface area contributed by atoms with Gasteiger partial charge in [-0.25, -0.2) is 15.0 Å². The molecule has 0 spiro atoms. The van der Waals surface area contributed by atoms with E-state index in [1.165, 1.54) is 0 Å². The predicted molar refractivity (Wildman–Crippen MR) is 119 cm³/mol. The number of fused-ring (bicyclic) bond motifs is 1. The number of hydrogen-bond acceptors (Lipinski definition) is 6. The molecule has 0 unspecified atom stereocenters. The lowest BCUT2D eigenvalue weighted by Crippen LogP contribution is -2.40. The summed E-state index contributed by atoms with van der Waals surface area (Å²) in [6.45, 7) is 5.41. The van der Waals surface area contributed by atoms with Crippen molar-refractivity contribution < 1.29 is 14.3 Å². The number of aryl methyl sites for hydroxylation is 2. The van der Waals surface area contributed by atoms with Crippen LogP contribution in [0.15, 0.2) is 24.4 Å². The summed E-state index contributed by atoms with van der Waals surface area (Å²) in [5.74, 6) is 1.41. The van der Waals surface area contributed by atoms with Gasteiger partial charge in [0.2, 0.25) is 5.91 Å². The van der Waals surface area contributed by atoms with Crippen molar-refractivity contribution in [3.05, 3.63) is 52.9 Å². The zero-order valence-corrected chi connectivity index (χ0v) is 18.6. The molecule has 0 aliphatic carbocycles. The number of hydrogen-bond donors (Lipinski definition) is 2. The minimum atomic E-state index is -0.188. The quantitative estimate of drug-likeness (QED) is 0.613. The first-order valence-corrected chi connectivity index (χ1v) is 10.8. The minimum absolute atomic E-state index is 0.0250. The van der Waals surface area contributed by atoms with Gasteiger partial charge in [-0.05, 0) is 44.4 Å². The summed E-state index contributed by atoms with van der Waals surface area (Å²) in [5, 5.41) is 2.59. The fraction of sp³-hybridized carbons (Fsp3) is 0.435. The fourth-order valence-electron chi connectivity index (χ4n) is 4.00. The fourth-order valence-corrected chi connectivity index (χ4v) is 4.00. The summed E-state index contributed by atoms with van der Waals surface area (Å²) < 4.78 is 5.62. The number of carbonyl (C=O) groups is 2. The Morgan fingerprint density at radius 3 is 2.72 bits per heavy atom. The molecular weight excluding hydrogens is 408 g/mol. The number of imidazole rings is 1. The van der Waals surface area contributed by atoms with Gasteiger partial charge in [0.15, 0.2) is 0 Å². The Balaban J connectivity index is 1.26. The van der Waals surface area contributed by atoms with Crippen molar-refractivity contribution >= 4 is 22.8 Å². The summed E-state index contributed by atoms with van der Waals surface area (Å²) in [7, 11) is 1.59. The van der Waals surface area contributed by atoms with E-state index in [0.717, 1.165) is 35.3 Å². The third-order valence-electron chi connectivity index (χ3n) is 5.83. The largest absolute Gasteiger partial charge is 0.364 e. The van der Waals surface area contributed by atoms with E-state index in [2.05, 4.69) is 25.3 Å². The van der Waals surface area contributed by atoms with Crippen LogP contribution in [0.4, 0.5) is 0 Å². The zero-order valence-electron chi connectivity index (χ0n) is 18.6. The average molecular weight is 437 g/mol. The Labute approximate surface area is 186 Å². The molecule has 9 nitrogen and oxygen atoms in total. The van der Waals surface area contributed by atoms with E-state index in [9.17, 15) is 9.59 Å². The number of piperidine rings is 1. The number of H-pyrrole nitrogens is 1. The van der Waals surface area contributed by atoms with E-state index in [-0.39, 0.29) is 30.9 Å². The second-order valence-corrected chi connectivity index (χ2v) is 8.16. The van der Waals surface area contributed by atoms with Crippen molar-refractivity contribution in [1.82, 2.24) is 30.2 Å². The van der Waals surface area contributed by atoms with Crippen LogP contribution >= 0.6 is 0 Å². The molecule has 168 valence electrons. The van der Waals surface area contributed by atoms with Crippen LogP contribution in [0.1, 0.15) is 52.0 Å². The van der Waals surface area contributed by atoms with E-state index >= 15 is 0 Å². The van der Waals surface area contributed by atoms with E-state index in [1.54, 1.807) is 13.2 Å². The van der Waals surface area contributed by atoms with Gasteiger partial charge >= 0.3 is 0 Å². The summed E-state index contributed by atoms with van der Waals surface area (Å²) >= 11 is 0. The second kappa shape index (κ2) is 9.44.